The summed E-state index contributed by atoms with van der Waals surface area (Å²) in [6.45, 7) is 1.43. The third kappa shape index (κ3) is 3.17. The highest BCUT2D eigenvalue weighted by Crippen LogP contribution is 2.18. The molecule has 0 bridgehead atoms. The molecule has 5 heteroatoms. The zero-order valence-electron chi connectivity index (χ0n) is 7.80. The quantitative estimate of drug-likeness (QED) is 0.691. The molecule has 1 heterocycles. The van der Waals surface area contributed by atoms with Gasteiger partial charge in [0.15, 0.2) is 5.12 Å². The first-order valence-electron chi connectivity index (χ1n) is 4.24. The first kappa shape index (κ1) is 11.3. The summed E-state index contributed by atoms with van der Waals surface area (Å²) in [4.78, 5) is 13.4. The van der Waals surface area contributed by atoms with Crippen molar-refractivity contribution in [2.24, 2.45) is 0 Å². The van der Waals surface area contributed by atoms with Crippen LogP contribution in [0.25, 0.3) is 0 Å². The molecule has 0 aliphatic heterocycles. The van der Waals surface area contributed by atoms with Gasteiger partial charge >= 0.3 is 0 Å². The molecule has 14 heavy (non-hydrogen) atoms. The molecule has 0 aromatic carbocycles. The van der Waals surface area contributed by atoms with E-state index in [1.807, 2.05) is 0 Å². The van der Waals surface area contributed by atoms with E-state index in [0.29, 0.717) is 5.69 Å². The van der Waals surface area contributed by atoms with Crippen molar-refractivity contribution < 1.29 is 15.0 Å². The molecule has 3 N–H and O–H groups in total. The maximum absolute atomic E-state index is 10.6. The van der Waals surface area contributed by atoms with Crippen molar-refractivity contribution in [3.05, 3.63) is 24.0 Å². The fourth-order valence-corrected chi connectivity index (χ4v) is 1.62. The number of carbonyl (C=O) groups excluding carboxylic acids is 1. The number of aromatic nitrogens is 1. The Morgan fingerprint density at radius 1 is 1.64 bits per heavy atom. The van der Waals surface area contributed by atoms with Crippen LogP contribution >= 0.6 is 11.8 Å². The van der Waals surface area contributed by atoms with Crippen molar-refractivity contribution >= 4 is 16.9 Å². The highest BCUT2D eigenvalue weighted by Gasteiger charge is 2.19. The van der Waals surface area contributed by atoms with Crippen LogP contribution in [0.5, 0.6) is 0 Å². The van der Waals surface area contributed by atoms with Crippen LogP contribution in [0.15, 0.2) is 18.3 Å². The van der Waals surface area contributed by atoms with Crippen molar-refractivity contribution in [3.63, 3.8) is 0 Å². The van der Waals surface area contributed by atoms with Crippen LogP contribution in [0, 0.1) is 0 Å². The van der Waals surface area contributed by atoms with E-state index < -0.39 is 12.2 Å². The fraction of sp³-hybridized carbons (Fsp3) is 0.444. The van der Waals surface area contributed by atoms with E-state index in [2.05, 4.69) is 4.98 Å². The Morgan fingerprint density at radius 2 is 2.36 bits per heavy atom. The second-order valence-electron chi connectivity index (χ2n) is 2.94. The van der Waals surface area contributed by atoms with E-state index in [1.54, 1.807) is 18.3 Å². The number of aliphatic hydroxyl groups excluding tert-OH is 2. The minimum Gasteiger partial charge on any atom is -0.389 e. The summed E-state index contributed by atoms with van der Waals surface area (Å²) in [5, 5.41) is 19.0. The van der Waals surface area contributed by atoms with Crippen LogP contribution in [-0.2, 0) is 4.79 Å². The smallest absolute Gasteiger partial charge is 0.185 e. The van der Waals surface area contributed by atoms with Crippen LogP contribution < -0.4 is 0 Å². The lowest BCUT2D eigenvalue weighted by molar-refractivity contribution is -0.109. The molecule has 0 spiro atoms. The lowest BCUT2D eigenvalue weighted by atomic mass is 10.2. The second kappa shape index (κ2) is 5.19. The maximum Gasteiger partial charge on any atom is 0.185 e. The molecule has 1 aromatic rings. The Balaban J connectivity index is 2.44. The molecule has 4 nitrogen and oxygen atoms in total. The standard InChI is InChI=1S/C9H13NO3S/c1-6(11)14-5-8(12)9(13)7-3-2-4-10-7/h2-4,8-10,12-13H,5H2,1H3. The summed E-state index contributed by atoms with van der Waals surface area (Å²) in [5.74, 6) is 0.204. The molecule has 0 saturated carbocycles. The summed E-state index contributed by atoms with van der Waals surface area (Å²) in [6, 6.07) is 3.43. The summed E-state index contributed by atoms with van der Waals surface area (Å²) < 4.78 is 0. The van der Waals surface area contributed by atoms with Crippen molar-refractivity contribution in [1.29, 1.82) is 0 Å². The predicted molar refractivity (Wildman–Crippen MR) is 54.9 cm³/mol. The normalized spacial score (nSPS) is 15.1. The van der Waals surface area contributed by atoms with Crippen molar-refractivity contribution in [2.75, 3.05) is 5.75 Å². The molecule has 0 fully saturated rings. The number of aliphatic hydroxyl groups is 2. The number of aromatic amines is 1. The molecule has 0 aliphatic rings. The van der Waals surface area contributed by atoms with Gasteiger partial charge in [0, 0.05) is 24.6 Å². The Labute approximate surface area is 86.3 Å². The van der Waals surface area contributed by atoms with Crippen molar-refractivity contribution in [1.82, 2.24) is 4.98 Å². The molecule has 2 atom stereocenters. The minimum atomic E-state index is -0.961. The maximum atomic E-state index is 10.6. The molecule has 0 amide bonds. The van der Waals surface area contributed by atoms with Gasteiger partial charge in [0.05, 0.1) is 6.10 Å². The van der Waals surface area contributed by atoms with Gasteiger partial charge in [-0.25, -0.2) is 0 Å². The van der Waals surface area contributed by atoms with Gasteiger partial charge in [-0.2, -0.15) is 0 Å². The van der Waals surface area contributed by atoms with Crippen LogP contribution in [0.2, 0.25) is 0 Å². The molecular weight excluding hydrogens is 202 g/mol. The van der Waals surface area contributed by atoms with E-state index >= 15 is 0 Å². The molecule has 78 valence electrons. The summed E-state index contributed by atoms with van der Waals surface area (Å²) in [7, 11) is 0. The van der Waals surface area contributed by atoms with Gasteiger partial charge in [0.2, 0.25) is 0 Å². The Hall–Kier alpha value is -0.780. The van der Waals surface area contributed by atoms with Gasteiger partial charge < -0.3 is 15.2 Å². The largest absolute Gasteiger partial charge is 0.389 e. The topological polar surface area (TPSA) is 73.3 Å². The molecule has 1 aromatic heterocycles. The molecule has 0 saturated heterocycles. The second-order valence-corrected chi connectivity index (χ2v) is 4.14. The van der Waals surface area contributed by atoms with Crippen LogP contribution in [-0.4, -0.2) is 32.2 Å². The van der Waals surface area contributed by atoms with E-state index in [0.717, 1.165) is 11.8 Å². The minimum absolute atomic E-state index is 0.0669. The molecule has 0 radical (unpaired) electrons. The van der Waals surface area contributed by atoms with Gasteiger partial charge in [-0.05, 0) is 12.1 Å². The Kier molecular flexibility index (Phi) is 4.19. The lowest BCUT2D eigenvalue weighted by Crippen LogP contribution is -2.21. The molecular formula is C9H13NO3S. The Bertz CT molecular complexity index is 286. The van der Waals surface area contributed by atoms with Gasteiger partial charge in [-0.1, -0.05) is 11.8 Å². The fourth-order valence-electron chi connectivity index (χ4n) is 1.03. The summed E-state index contributed by atoms with van der Waals surface area (Å²) >= 11 is 1.00. The third-order valence-electron chi connectivity index (χ3n) is 1.76. The van der Waals surface area contributed by atoms with Gasteiger partial charge in [0.1, 0.15) is 6.10 Å². The number of carbonyl (C=O) groups is 1. The zero-order chi connectivity index (χ0) is 10.6. The SMILES string of the molecule is CC(=O)SCC(O)C(O)c1ccc[nH]1. The number of hydrogen-bond donors (Lipinski definition) is 3. The number of nitrogens with one attached hydrogen (secondary N) is 1. The van der Waals surface area contributed by atoms with Crippen LogP contribution in [0.4, 0.5) is 0 Å². The van der Waals surface area contributed by atoms with E-state index in [9.17, 15) is 15.0 Å². The predicted octanol–water partition coefficient (Wildman–Crippen LogP) is 0.689. The van der Waals surface area contributed by atoms with Crippen molar-refractivity contribution in [2.45, 2.75) is 19.1 Å². The molecule has 2 unspecified atom stereocenters. The highest BCUT2D eigenvalue weighted by molar-refractivity contribution is 8.13. The first-order chi connectivity index (χ1) is 6.61. The van der Waals surface area contributed by atoms with E-state index in [-0.39, 0.29) is 10.9 Å². The van der Waals surface area contributed by atoms with E-state index in [4.69, 9.17) is 0 Å². The van der Waals surface area contributed by atoms with Gasteiger partial charge in [-0.3, -0.25) is 4.79 Å². The number of H-pyrrole nitrogens is 1. The summed E-state index contributed by atoms with van der Waals surface area (Å²) in [5.41, 5.74) is 0.557. The highest BCUT2D eigenvalue weighted by atomic mass is 32.2. The summed E-state index contributed by atoms with van der Waals surface area (Å²) in [6.07, 6.45) is -0.219. The van der Waals surface area contributed by atoms with Crippen LogP contribution in [0.3, 0.4) is 0 Å². The monoisotopic (exact) mass is 215 g/mol. The van der Waals surface area contributed by atoms with Crippen LogP contribution in [0.1, 0.15) is 18.7 Å². The first-order valence-corrected chi connectivity index (χ1v) is 5.22. The number of thioether (sulfide) groups is 1. The van der Waals surface area contributed by atoms with E-state index in [1.165, 1.54) is 6.92 Å². The lowest BCUT2D eigenvalue weighted by Gasteiger charge is -2.15. The third-order valence-corrected chi connectivity index (χ3v) is 2.68. The Morgan fingerprint density at radius 3 is 2.86 bits per heavy atom. The van der Waals surface area contributed by atoms with Gasteiger partial charge in [0.25, 0.3) is 0 Å². The van der Waals surface area contributed by atoms with Gasteiger partial charge in [-0.15, -0.1) is 0 Å². The number of rotatable bonds is 4. The average molecular weight is 215 g/mol. The molecule has 1 rings (SSSR count). The molecule has 0 aliphatic carbocycles. The van der Waals surface area contributed by atoms with Crippen molar-refractivity contribution in [3.8, 4) is 0 Å². The number of hydrogen-bond acceptors (Lipinski definition) is 4. The zero-order valence-corrected chi connectivity index (χ0v) is 8.62. The average Bonchev–Trinajstić information content (AvgIpc) is 2.65.